The Kier molecular flexibility index (Phi) is 9.87. The molecule has 0 radical (unpaired) electrons. The summed E-state index contributed by atoms with van der Waals surface area (Å²) in [6.07, 6.45) is 4.88. The van der Waals surface area contributed by atoms with Gasteiger partial charge < -0.3 is 24.4 Å². The lowest BCUT2D eigenvalue weighted by Gasteiger charge is -2.37. The third kappa shape index (κ3) is 7.24. The number of aliphatic hydroxyl groups excluding tert-OH is 1. The number of hydrogen-bond acceptors (Lipinski definition) is 9. The molecule has 3 aromatic carbocycles. The Morgan fingerprint density at radius 3 is 2.22 bits per heavy atom. The van der Waals surface area contributed by atoms with Gasteiger partial charge in [0.2, 0.25) is 0 Å². The summed E-state index contributed by atoms with van der Waals surface area (Å²) in [5.74, 6) is -0.563. The van der Waals surface area contributed by atoms with Crippen LogP contribution in [0.25, 0.3) is 5.69 Å². The second-order valence-electron chi connectivity index (χ2n) is 13.3. The third-order valence-corrected chi connectivity index (χ3v) is 9.96. The van der Waals surface area contributed by atoms with Crippen LogP contribution < -0.4 is 20.2 Å². The normalized spacial score (nSPS) is 20.5. The molecule has 4 atom stereocenters. The van der Waals surface area contributed by atoms with Crippen molar-refractivity contribution in [2.45, 2.75) is 51.0 Å². The average Bonchev–Trinajstić information content (AvgIpc) is 3.90. The molecule has 4 heterocycles. The fourth-order valence-electron chi connectivity index (χ4n) is 7.24. The number of ether oxygens (including phenoxy) is 2. The minimum Gasteiger partial charge on any atom is -0.493 e. The number of rotatable bonds is 12. The second kappa shape index (κ2) is 14.6. The van der Waals surface area contributed by atoms with E-state index in [0.717, 1.165) is 55.1 Å². The SMILES string of the molecule is CC[C@@H](C(C)O)n1ncn(-c2ccc(N3CCN(c4ccc(OCC5CO[C@@](Cn6cncn6)(c6ccc(F)cc6F)C5)cc4)CC3)cc2)c1=O. The van der Waals surface area contributed by atoms with Crippen LogP contribution in [0.2, 0.25) is 0 Å². The summed E-state index contributed by atoms with van der Waals surface area (Å²) in [4.78, 5) is 21.7. The van der Waals surface area contributed by atoms with Crippen molar-refractivity contribution < 1.29 is 23.4 Å². The van der Waals surface area contributed by atoms with Gasteiger partial charge in [0.25, 0.3) is 0 Å². The first kappa shape index (κ1) is 34.4. The first-order chi connectivity index (χ1) is 24.7. The minimum absolute atomic E-state index is 0.0121. The van der Waals surface area contributed by atoms with Gasteiger partial charge in [0, 0.05) is 55.1 Å². The van der Waals surface area contributed by atoms with E-state index in [9.17, 15) is 18.7 Å². The summed E-state index contributed by atoms with van der Waals surface area (Å²) in [5, 5.41) is 18.5. The number of benzene rings is 3. The van der Waals surface area contributed by atoms with Crippen LogP contribution in [0.3, 0.4) is 0 Å². The monoisotopic (exact) mass is 700 g/mol. The first-order valence-corrected chi connectivity index (χ1v) is 17.3. The van der Waals surface area contributed by atoms with Crippen LogP contribution in [-0.4, -0.2) is 79.7 Å². The maximum atomic E-state index is 15.0. The average molecular weight is 701 g/mol. The summed E-state index contributed by atoms with van der Waals surface area (Å²) in [6.45, 7) is 7.97. The van der Waals surface area contributed by atoms with Crippen molar-refractivity contribution in [1.82, 2.24) is 29.1 Å². The molecule has 12 nitrogen and oxygen atoms in total. The van der Waals surface area contributed by atoms with Gasteiger partial charge in [0.05, 0.1) is 37.6 Å². The Hall–Kier alpha value is -5.08. The van der Waals surface area contributed by atoms with Crippen molar-refractivity contribution in [2.24, 2.45) is 5.92 Å². The molecular weight excluding hydrogens is 658 g/mol. The Morgan fingerprint density at radius 2 is 1.61 bits per heavy atom. The predicted molar refractivity (Wildman–Crippen MR) is 187 cm³/mol. The molecule has 0 spiro atoms. The summed E-state index contributed by atoms with van der Waals surface area (Å²) in [6, 6.07) is 19.2. The fraction of sp³-hybridized carbons (Fsp3) is 0.405. The van der Waals surface area contributed by atoms with Crippen molar-refractivity contribution in [3.8, 4) is 11.4 Å². The van der Waals surface area contributed by atoms with Crippen molar-refractivity contribution in [3.05, 3.63) is 113 Å². The zero-order valence-corrected chi connectivity index (χ0v) is 28.7. The summed E-state index contributed by atoms with van der Waals surface area (Å²) in [7, 11) is 0. The van der Waals surface area contributed by atoms with Gasteiger partial charge in [0.1, 0.15) is 42.0 Å². The lowest BCUT2D eigenvalue weighted by Crippen LogP contribution is -2.46. The van der Waals surface area contributed by atoms with Gasteiger partial charge in [0.15, 0.2) is 0 Å². The van der Waals surface area contributed by atoms with Crippen molar-refractivity contribution in [1.29, 1.82) is 0 Å². The van der Waals surface area contributed by atoms with E-state index in [1.165, 1.54) is 34.0 Å². The minimum atomic E-state index is -1.02. The first-order valence-electron chi connectivity index (χ1n) is 17.3. The van der Waals surface area contributed by atoms with Crippen LogP contribution in [0.15, 0.2) is 90.5 Å². The van der Waals surface area contributed by atoms with Gasteiger partial charge in [-0.25, -0.2) is 32.5 Å². The molecule has 7 rings (SSSR count). The molecule has 268 valence electrons. The summed E-state index contributed by atoms with van der Waals surface area (Å²) < 4.78 is 45.6. The lowest BCUT2D eigenvalue weighted by molar-refractivity contribution is -0.0206. The maximum Gasteiger partial charge on any atom is 0.350 e. The van der Waals surface area contributed by atoms with Crippen LogP contribution in [0, 0.1) is 17.6 Å². The molecule has 2 aliphatic rings. The molecule has 0 amide bonds. The molecule has 2 aliphatic heterocycles. The van der Waals surface area contributed by atoms with Crippen LogP contribution in [0.4, 0.5) is 20.2 Å². The number of nitrogens with zero attached hydrogens (tertiary/aromatic N) is 8. The highest BCUT2D eigenvalue weighted by molar-refractivity contribution is 5.54. The number of piperazine rings is 1. The number of aliphatic hydroxyl groups is 1. The molecule has 0 aliphatic carbocycles. The van der Waals surface area contributed by atoms with Gasteiger partial charge in [-0.1, -0.05) is 13.0 Å². The van der Waals surface area contributed by atoms with Crippen LogP contribution in [-0.2, 0) is 16.9 Å². The van der Waals surface area contributed by atoms with E-state index >= 15 is 0 Å². The van der Waals surface area contributed by atoms with Crippen LogP contribution in [0.1, 0.15) is 38.3 Å². The highest BCUT2D eigenvalue weighted by Gasteiger charge is 2.44. The molecule has 14 heteroatoms. The molecule has 5 aromatic rings. The maximum absolute atomic E-state index is 15.0. The standard InChI is InChI=1S/C37H42F2N8O4/c1-3-35(26(2)48)47-36(49)46(25-42-47)31-7-5-29(6-8-31)43-14-16-44(17-15-43)30-9-11-32(12-10-30)50-20-27-19-37(51-21-27,22-45-24-40-23-41-45)33-13-4-28(38)18-34(33)39/h4-13,18,23-27,35,48H,3,14-17,19-22H2,1-2H3/t26?,27?,35-,37-/m0/s1. The molecule has 0 saturated carbocycles. The fourth-order valence-corrected chi connectivity index (χ4v) is 7.24. The van der Waals surface area contributed by atoms with E-state index in [1.807, 2.05) is 43.3 Å². The number of hydrogen-bond donors (Lipinski definition) is 1. The second-order valence-corrected chi connectivity index (χ2v) is 13.3. The van der Waals surface area contributed by atoms with E-state index in [-0.39, 0.29) is 24.2 Å². The molecule has 2 fully saturated rings. The van der Waals surface area contributed by atoms with Gasteiger partial charge in [-0.05, 0) is 74.4 Å². The highest BCUT2D eigenvalue weighted by atomic mass is 19.1. The predicted octanol–water partition coefficient (Wildman–Crippen LogP) is 4.57. The Labute approximate surface area is 294 Å². The Balaban J connectivity index is 0.923. The molecule has 2 unspecified atom stereocenters. The van der Waals surface area contributed by atoms with Crippen molar-refractivity contribution in [3.63, 3.8) is 0 Å². The largest absolute Gasteiger partial charge is 0.493 e. The van der Waals surface area contributed by atoms with Crippen LogP contribution in [0.5, 0.6) is 5.75 Å². The van der Waals surface area contributed by atoms with E-state index in [4.69, 9.17) is 9.47 Å². The van der Waals surface area contributed by atoms with Crippen LogP contribution >= 0.6 is 0 Å². The summed E-state index contributed by atoms with van der Waals surface area (Å²) in [5.41, 5.74) is 1.93. The number of aromatic nitrogens is 6. The number of halogens is 2. The topological polar surface area (TPSA) is 116 Å². The van der Waals surface area contributed by atoms with E-state index < -0.39 is 23.3 Å². The Bertz CT molecular complexity index is 1960. The molecule has 2 aromatic heterocycles. The van der Waals surface area contributed by atoms with Crippen molar-refractivity contribution in [2.75, 3.05) is 49.2 Å². The molecule has 51 heavy (non-hydrogen) atoms. The zero-order chi connectivity index (χ0) is 35.5. The quantitative estimate of drug-likeness (QED) is 0.200. The van der Waals surface area contributed by atoms with E-state index in [0.29, 0.717) is 31.6 Å². The van der Waals surface area contributed by atoms with Gasteiger partial charge in [-0.3, -0.25) is 0 Å². The third-order valence-electron chi connectivity index (χ3n) is 9.96. The number of anilines is 2. The van der Waals surface area contributed by atoms with Gasteiger partial charge in [-0.2, -0.15) is 10.2 Å². The Morgan fingerprint density at radius 1 is 0.941 bits per heavy atom. The lowest BCUT2D eigenvalue weighted by atomic mass is 9.87. The smallest absolute Gasteiger partial charge is 0.350 e. The highest BCUT2D eigenvalue weighted by Crippen LogP contribution is 2.42. The van der Waals surface area contributed by atoms with E-state index in [1.54, 1.807) is 17.9 Å². The van der Waals surface area contributed by atoms with E-state index in [2.05, 4.69) is 37.1 Å². The van der Waals surface area contributed by atoms with Crippen molar-refractivity contribution >= 4 is 11.4 Å². The summed E-state index contributed by atoms with van der Waals surface area (Å²) >= 11 is 0. The zero-order valence-electron chi connectivity index (χ0n) is 28.7. The molecular formula is C37H42F2N8O4. The van der Waals surface area contributed by atoms with Gasteiger partial charge in [-0.15, -0.1) is 0 Å². The van der Waals surface area contributed by atoms with Gasteiger partial charge >= 0.3 is 5.69 Å². The molecule has 0 bridgehead atoms. The molecule has 1 N–H and O–H groups in total. The molecule has 2 saturated heterocycles.